The van der Waals surface area contributed by atoms with Crippen molar-refractivity contribution in [1.29, 1.82) is 0 Å². The Kier molecular flexibility index (Phi) is 82.6. The van der Waals surface area contributed by atoms with E-state index in [9.17, 15) is 43.2 Å². The molecule has 0 bridgehead atoms. The normalized spacial score (nSPS) is 13.9. The van der Waals surface area contributed by atoms with Gasteiger partial charge in [0.1, 0.15) is 19.3 Å². The maximum atomic E-state index is 13.2. The van der Waals surface area contributed by atoms with Crippen molar-refractivity contribution in [2.75, 3.05) is 39.6 Å². The highest BCUT2D eigenvalue weighted by Crippen LogP contribution is 2.45. The van der Waals surface area contributed by atoms with Crippen LogP contribution in [0.2, 0.25) is 0 Å². The Hall–Kier alpha value is -1.94. The molecule has 0 aliphatic rings. The van der Waals surface area contributed by atoms with Crippen LogP contribution in [0.1, 0.15) is 504 Å². The first-order valence-corrected chi connectivity index (χ1v) is 51.0. The van der Waals surface area contributed by atoms with Crippen LogP contribution in [-0.4, -0.2) is 96.7 Å². The number of ether oxygens (including phenoxy) is 4. The third-order valence-electron chi connectivity index (χ3n) is 22.3. The molecule has 0 spiro atoms. The number of rotatable bonds is 92. The Morgan fingerprint density at radius 2 is 0.455 bits per heavy atom. The van der Waals surface area contributed by atoms with E-state index in [1.165, 1.54) is 321 Å². The third-order valence-corrected chi connectivity index (χ3v) is 24.2. The minimum atomic E-state index is -4.97. The number of phosphoric acid groups is 2. The summed E-state index contributed by atoms with van der Waals surface area (Å²) in [5.41, 5.74) is 0. The Morgan fingerprint density at radius 3 is 0.679 bits per heavy atom. The van der Waals surface area contributed by atoms with Crippen LogP contribution in [0.3, 0.4) is 0 Å². The number of phosphoric ester groups is 2. The summed E-state index contributed by atoms with van der Waals surface area (Å²) in [6.45, 7) is 9.80. The van der Waals surface area contributed by atoms with Crippen LogP contribution < -0.4 is 0 Å². The van der Waals surface area contributed by atoms with E-state index < -0.39 is 97.5 Å². The van der Waals surface area contributed by atoms with Crippen LogP contribution in [0, 0.1) is 11.8 Å². The van der Waals surface area contributed by atoms with E-state index in [1.54, 1.807) is 0 Å². The number of esters is 4. The average Bonchev–Trinajstić information content (AvgIpc) is 0.903. The summed E-state index contributed by atoms with van der Waals surface area (Å²) >= 11 is 0. The predicted molar refractivity (Wildman–Crippen MR) is 465 cm³/mol. The zero-order valence-corrected chi connectivity index (χ0v) is 75.8. The molecule has 0 radical (unpaired) electrons. The predicted octanol–water partition coefficient (Wildman–Crippen LogP) is 29.0. The molecule has 0 aliphatic carbocycles. The maximum Gasteiger partial charge on any atom is 0.472 e. The van der Waals surface area contributed by atoms with Crippen molar-refractivity contribution in [2.45, 2.75) is 522 Å². The Bertz CT molecular complexity index is 2130. The molecule has 0 saturated heterocycles. The Balaban J connectivity index is 5.23. The molecule has 3 unspecified atom stereocenters. The summed E-state index contributed by atoms with van der Waals surface area (Å²) < 4.78 is 69.1. The lowest BCUT2D eigenvalue weighted by atomic mass is 9.99. The van der Waals surface area contributed by atoms with Crippen LogP contribution in [-0.2, 0) is 65.4 Å². The molecule has 0 rings (SSSR count). The van der Waals surface area contributed by atoms with Crippen LogP contribution in [0.5, 0.6) is 0 Å². The summed E-state index contributed by atoms with van der Waals surface area (Å²) in [5, 5.41) is 10.7. The number of hydrogen-bond acceptors (Lipinski definition) is 15. The van der Waals surface area contributed by atoms with Gasteiger partial charge in [-0.3, -0.25) is 37.3 Å². The summed E-state index contributed by atoms with van der Waals surface area (Å²) in [7, 11) is -9.94. The first-order chi connectivity index (χ1) is 54.4. The van der Waals surface area contributed by atoms with Crippen molar-refractivity contribution >= 4 is 39.5 Å². The first kappa shape index (κ1) is 110. The van der Waals surface area contributed by atoms with Gasteiger partial charge in [-0.2, -0.15) is 0 Å². The van der Waals surface area contributed by atoms with Gasteiger partial charge in [0.05, 0.1) is 26.4 Å². The van der Waals surface area contributed by atoms with Crippen molar-refractivity contribution in [3.8, 4) is 0 Å². The molecule has 0 fully saturated rings. The van der Waals surface area contributed by atoms with Crippen LogP contribution in [0.25, 0.3) is 0 Å². The van der Waals surface area contributed by atoms with E-state index in [-0.39, 0.29) is 25.7 Å². The molecule has 0 aromatic carbocycles. The molecule has 0 amide bonds. The molecule has 6 atom stereocenters. The maximum absolute atomic E-state index is 13.2. The second-order valence-electron chi connectivity index (χ2n) is 34.1. The SMILES string of the molecule is CCCCCCCCCCCCCCCCCCCCCCCCC(=O)O[C@H](COC(=O)CCCCCCCCCCCCCCCCCCCCC(C)C)COP(=O)(O)OC[C@@H](O)COP(=O)(O)OC[C@@H](COC(=O)CCCCCCCCCCCCC)OC(=O)CCCCCCCCCCCCCCCCC(C)CC. The highest BCUT2D eigenvalue weighted by atomic mass is 31.2. The van der Waals surface area contributed by atoms with Crippen LogP contribution in [0.15, 0.2) is 0 Å². The van der Waals surface area contributed by atoms with E-state index >= 15 is 0 Å². The van der Waals surface area contributed by atoms with Gasteiger partial charge in [0, 0.05) is 25.7 Å². The van der Waals surface area contributed by atoms with Gasteiger partial charge in [-0.15, -0.1) is 0 Å². The molecule has 0 aromatic heterocycles. The third kappa shape index (κ3) is 84.5. The Labute approximate surface area is 689 Å². The van der Waals surface area contributed by atoms with Gasteiger partial charge in [0.25, 0.3) is 0 Å². The molecular weight excluding hydrogens is 1450 g/mol. The van der Waals surface area contributed by atoms with Crippen LogP contribution in [0.4, 0.5) is 0 Å². The molecule has 0 aliphatic heterocycles. The van der Waals surface area contributed by atoms with Gasteiger partial charge in [-0.25, -0.2) is 9.13 Å². The lowest BCUT2D eigenvalue weighted by molar-refractivity contribution is -0.161. The van der Waals surface area contributed by atoms with Gasteiger partial charge in [0.15, 0.2) is 12.2 Å². The fourth-order valence-corrected chi connectivity index (χ4v) is 16.2. The standard InChI is InChI=1S/C93H182O17P2/c1-7-10-12-14-16-18-20-21-22-23-24-25-26-27-32-35-41-47-53-59-65-71-77-92(97)110-89(82-104-91(96)76-70-64-58-52-46-40-34-31-29-28-30-33-38-44-49-55-61-67-73-85(4)5)84-108-112(101,102)106-80-87(94)79-105-111(99,100)107-83-88(81-103-90(95)75-69-63-57-51-43-19-17-15-13-11-8-2)109-93(98)78-72-66-60-54-48-42-37-36-39-45-50-56-62-68-74-86(6)9-3/h85-89,94H,7-84H2,1-6H3,(H,99,100)(H,101,102)/t86?,87-,88+,89+/m0/s1. The van der Waals surface area contributed by atoms with Crippen LogP contribution >= 0.6 is 15.6 Å². The number of aliphatic hydroxyl groups is 1. The molecule has 17 nitrogen and oxygen atoms in total. The van der Waals surface area contributed by atoms with Crippen molar-refractivity contribution in [3.63, 3.8) is 0 Å². The van der Waals surface area contributed by atoms with E-state index in [4.69, 9.17) is 37.0 Å². The number of unbranched alkanes of at least 4 members (excludes halogenated alkanes) is 61. The van der Waals surface area contributed by atoms with Crippen molar-refractivity contribution in [2.24, 2.45) is 11.8 Å². The van der Waals surface area contributed by atoms with Gasteiger partial charge in [-0.1, -0.05) is 452 Å². The van der Waals surface area contributed by atoms with E-state index in [0.717, 1.165) is 102 Å². The quantitative estimate of drug-likeness (QED) is 0.0222. The van der Waals surface area contributed by atoms with Gasteiger partial charge >= 0.3 is 39.5 Å². The molecule has 19 heteroatoms. The zero-order chi connectivity index (χ0) is 82.0. The summed E-state index contributed by atoms with van der Waals surface area (Å²) in [6.07, 6.45) is 79.2. The largest absolute Gasteiger partial charge is 0.472 e. The van der Waals surface area contributed by atoms with Crippen molar-refractivity contribution in [3.05, 3.63) is 0 Å². The fraction of sp³-hybridized carbons (Fsp3) is 0.957. The Morgan fingerprint density at radius 1 is 0.259 bits per heavy atom. The van der Waals surface area contributed by atoms with Gasteiger partial charge in [0.2, 0.25) is 0 Å². The molecule has 0 saturated carbocycles. The highest BCUT2D eigenvalue weighted by molar-refractivity contribution is 7.47. The molecule has 0 aromatic rings. The second kappa shape index (κ2) is 84.1. The highest BCUT2D eigenvalue weighted by Gasteiger charge is 2.31. The molecule has 666 valence electrons. The summed E-state index contributed by atoms with van der Waals surface area (Å²) in [4.78, 5) is 73.5. The van der Waals surface area contributed by atoms with E-state index in [0.29, 0.717) is 25.7 Å². The molecular formula is C93H182O17P2. The van der Waals surface area contributed by atoms with Crippen molar-refractivity contribution in [1.82, 2.24) is 0 Å². The number of carbonyl (C=O) groups is 4. The summed E-state index contributed by atoms with van der Waals surface area (Å²) in [5.74, 6) is -0.424. The average molecular weight is 1630 g/mol. The van der Waals surface area contributed by atoms with E-state index in [1.807, 2.05) is 0 Å². The molecule has 0 heterocycles. The minimum Gasteiger partial charge on any atom is -0.462 e. The monoisotopic (exact) mass is 1630 g/mol. The number of carbonyl (C=O) groups excluding carboxylic acids is 4. The minimum absolute atomic E-state index is 0.108. The topological polar surface area (TPSA) is 237 Å². The number of hydrogen-bond donors (Lipinski definition) is 3. The lowest BCUT2D eigenvalue weighted by Crippen LogP contribution is -2.30. The van der Waals surface area contributed by atoms with Gasteiger partial charge < -0.3 is 33.8 Å². The molecule has 3 N–H and O–H groups in total. The number of aliphatic hydroxyl groups excluding tert-OH is 1. The lowest BCUT2D eigenvalue weighted by Gasteiger charge is -2.21. The zero-order valence-electron chi connectivity index (χ0n) is 74.0. The summed E-state index contributed by atoms with van der Waals surface area (Å²) in [6, 6.07) is 0. The van der Waals surface area contributed by atoms with Crippen molar-refractivity contribution < 1.29 is 80.2 Å². The van der Waals surface area contributed by atoms with E-state index in [2.05, 4.69) is 41.5 Å². The van der Waals surface area contributed by atoms with Gasteiger partial charge in [-0.05, 0) is 37.5 Å². The first-order valence-electron chi connectivity index (χ1n) is 48.0. The second-order valence-corrected chi connectivity index (χ2v) is 37.0. The smallest absolute Gasteiger partial charge is 0.462 e. The molecule has 112 heavy (non-hydrogen) atoms. The fourth-order valence-electron chi connectivity index (χ4n) is 14.6.